The molecule has 3 N–H and O–H groups in total. The number of rotatable bonds is 3. The van der Waals surface area contributed by atoms with Gasteiger partial charge in [-0.1, -0.05) is 18.2 Å². The summed E-state index contributed by atoms with van der Waals surface area (Å²) in [5, 5.41) is 3.52. The number of benzene rings is 1. The number of aromatic nitrogens is 1. The van der Waals surface area contributed by atoms with Crippen LogP contribution in [-0.4, -0.2) is 23.5 Å². The normalized spacial score (nSPS) is 16.9. The maximum atomic E-state index is 12.1. The Labute approximate surface area is 127 Å². The van der Waals surface area contributed by atoms with Gasteiger partial charge in [-0.2, -0.15) is 0 Å². The van der Waals surface area contributed by atoms with Crippen molar-refractivity contribution in [3.63, 3.8) is 0 Å². The molecule has 1 amide bonds. The van der Waals surface area contributed by atoms with Gasteiger partial charge in [-0.3, -0.25) is 4.79 Å². The minimum absolute atomic E-state index is 0.0120. The van der Waals surface area contributed by atoms with E-state index in [-0.39, 0.29) is 11.9 Å². The molecular weight excluding hydrogens is 286 g/mol. The molecule has 1 aromatic heterocycles. The van der Waals surface area contributed by atoms with Crippen LogP contribution in [0.4, 0.5) is 5.13 Å². The molecule has 0 saturated heterocycles. The monoisotopic (exact) mass is 303 g/mol. The van der Waals surface area contributed by atoms with Crippen molar-refractivity contribution in [1.29, 1.82) is 0 Å². The van der Waals surface area contributed by atoms with E-state index in [0.29, 0.717) is 18.2 Å². The molecule has 1 atom stereocenters. The number of nitrogens with two attached hydrogens (primary N) is 1. The Morgan fingerprint density at radius 1 is 1.52 bits per heavy atom. The minimum atomic E-state index is -0.0188. The van der Waals surface area contributed by atoms with Crippen LogP contribution in [0.15, 0.2) is 24.3 Å². The molecule has 0 unspecified atom stereocenters. The van der Waals surface area contributed by atoms with Crippen molar-refractivity contribution < 1.29 is 9.53 Å². The molecule has 0 fully saturated rings. The average Bonchev–Trinajstić information content (AvgIpc) is 2.76. The molecule has 0 bridgehead atoms. The fraction of sp³-hybridized carbons (Fsp3) is 0.333. The van der Waals surface area contributed by atoms with E-state index in [1.165, 1.54) is 11.3 Å². The molecule has 2 heterocycles. The number of carbonyl (C=O) groups excluding carboxylic acids is 1. The van der Waals surface area contributed by atoms with Gasteiger partial charge in [-0.25, -0.2) is 4.98 Å². The van der Waals surface area contributed by atoms with Gasteiger partial charge in [-0.15, -0.1) is 11.3 Å². The molecule has 1 aliphatic heterocycles. The highest BCUT2D eigenvalue weighted by Gasteiger charge is 2.21. The summed E-state index contributed by atoms with van der Waals surface area (Å²) in [6, 6.07) is 7.93. The van der Waals surface area contributed by atoms with Crippen LogP contribution in [0.3, 0.4) is 0 Å². The van der Waals surface area contributed by atoms with Crippen LogP contribution in [-0.2, 0) is 17.6 Å². The Balaban J connectivity index is 1.60. The molecule has 0 radical (unpaired) electrons. The number of carbonyl (C=O) groups is 1. The zero-order chi connectivity index (χ0) is 14.8. The van der Waals surface area contributed by atoms with Crippen LogP contribution >= 0.6 is 11.3 Å². The van der Waals surface area contributed by atoms with Crippen molar-refractivity contribution in [2.24, 2.45) is 0 Å². The van der Waals surface area contributed by atoms with E-state index >= 15 is 0 Å². The van der Waals surface area contributed by atoms with E-state index in [1.54, 1.807) is 0 Å². The van der Waals surface area contributed by atoms with Crippen LogP contribution < -0.4 is 15.8 Å². The van der Waals surface area contributed by atoms with Crippen LogP contribution in [0.25, 0.3) is 0 Å². The number of ether oxygens (including phenoxy) is 1. The van der Waals surface area contributed by atoms with Crippen molar-refractivity contribution in [3.8, 4) is 5.75 Å². The molecule has 0 spiro atoms. The van der Waals surface area contributed by atoms with Crippen molar-refractivity contribution >= 4 is 22.4 Å². The molecule has 3 rings (SSSR count). The van der Waals surface area contributed by atoms with Gasteiger partial charge in [-0.05, 0) is 25.0 Å². The summed E-state index contributed by atoms with van der Waals surface area (Å²) in [6.07, 6.45) is 1.12. The van der Waals surface area contributed by atoms with Crippen molar-refractivity contribution in [2.45, 2.75) is 25.8 Å². The zero-order valence-electron chi connectivity index (χ0n) is 11.8. The summed E-state index contributed by atoms with van der Waals surface area (Å²) in [5.74, 6) is 0.892. The lowest BCUT2D eigenvalue weighted by Gasteiger charge is -2.26. The predicted molar refractivity (Wildman–Crippen MR) is 82.5 cm³/mol. The molecule has 2 aromatic rings. The first kappa shape index (κ1) is 13.9. The number of amides is 1. The number of anilines is 1. The topological polar surface area (TPSA) is 77.2 Å². The van der Waals surface area contributed by atoms with Crippen molar-refractivity contribution in [1.82, 2.24) is 10.3 Å². The van der Waals surface area contributed by atoms with E-state index < -0.39 is 0 Å². The third-order valence-electron chi connectivity index (χ3n) is 3.47. The van der Waals surface area contributed by atoms with Gasteiger partial charge in [0.05, 0.1) is 18.2 Å². The second-order valence-corrected chi connectivity index (χ2v) is 6.24. The first-order valence-corrected chi connectivity index (χ1v) is 7.65. The molecule has 5 nitrogen and oxygen atoms in total. The summed E-state index contributed by atoms with van der Waals surface area (Å²) in [7, 11) is 0. The summed E-state index contributed by atoms with van der Waals surface area (Å²) < 4.78 is 5.67. The Kier molecular flexibility index (Phi) is 3.79. The van der Waals surface area contributed by atoms with Crippen LogP contribution in [0.5, 0.6) is 5.75 Å². The molecule has 21 heavy (non-hydrogen) atoms. The van der Waals surface area contributed by atoms with Crippen LogP contribution in [0.2, 0.25) is 0 Å². The van der Waals surface area contributed by atoms with Crippen LogP contribution in [0.1, 0.15) is 16.1 Å². The quantitative estimate of drug-likeness (QED) is 0.904. The molecule has 0 aliphatic carbocycles. The summed E-state index contributed by atoms with van der Waals surface area (Å²) in [6.45, 7) is 2.38. The Morgan fingerprint density at radius 3 is 3.10 bits per heavy atom. The predicted octanol–water partition coefficient (Wildman–Crippen LogP) is 1.70. The Morgan fingerprint density at radius 2 is 2.33 bits per heavy atom. The van der Waals surface area contributed by atoms with E-state index in [1.807, 2.05) is 31.2 Å². The maximum absolute atomic E-state index is 12.1. The number of thiazole rings is 1. The third kappa shape index (κ3) is 3.16. The second-order valence-electron chi connectivity index (χ2n) is 5.12. The van der Waals surface area contributed by atoms with Crippen molar-refractivity contribution in [2.75, 3.05) is 12.3 Å². The summed E-state index contributed by atoms with van der Waals surface area (Å²) >= 11 is 1.37. The first-order chi connectivity index (χ1) is 10.1. The second kappa shape index (κ2) is 5.73. The van der Waals surface area contributed by atoms with Gasteiger partial charge in [0, 0.05) is 4.88 Å². The number of nitrogen functional groups attached to an aromatic ring is 1. The minimum Gasteiger partial charge on any atom is -0.491 e. The standard InChI is InChI=1S/C15H17N3O2S/c1-9-13(21-15(16)17-9)7-14(19)18-11-6-10-4-2-3-5-12(10)20-8-11/h2-5,11H,6-8H2,1H3,(H2,16,17)(H,18,19)/t11-/m0/s1. The fourth-order valence-electron chi connectivity index (χ4n) is 2.46. The lowest BCUT2D eigenvalue weighted by molar-refractivity contribution is -0.121. The molecule has 0 saturated carbocycles. The fourth-order valence-corrected chi connectivity index (χ4v) is 3.29. The van der Waals surface area contributed by atoms with E-state index in [0.717, 1.165) is 28.3 Å². The Hall–Kier alpha value is -2.08. The largest absolute Gasteiger partial charge is 0.491 e. The van der Waals surface area contributed by atoms with E-state index in [4.69, 9.17) is 10.5 Å². The SMILES string of the molecule is Cc1nc(N)sc1CC(=O)N[C@@H]1COc2ccccc2C1. The lowest BCUT2D eigenvalue weighted by atomic mass is 10.0. The highest BCUT2D eigenvalue weighted by atomic mass is 32.1. The van der Waals surface area contributed by atoms with Gasteiger partial charge in [0.25, 0.3) is 0 Å². The number of para-hydroxylation sites is 1. The molecule has 6 heteroatoms. The number of hydrogen-bond donors (Lipinski definition) is 2. The third-order valence-corrected chi connectivity index (χ3v) is 4.46. The highest BCUT2D eigenvalue weighted by molar-refractivity contribution is 7.15. The van der Waals surface area contributed by atoms with E-state index in [9.17, 15) is 4.79 Å². The summed E-state index contributed by atoms with van der Waals surface area (Å²) in [5.41, 5.74) is 7.61. The van der Waals surface area contributed by atoms with Gasteiger partial charge in [0.15, 0.2) is 5.13 Å². The highest BCUT2D eigenvalue weighted by Crippen LogP contribution is 2.24. The molecule has 110 valence electrons. The van der Waals surface area contributed by atoms with E-state index in [2.05, 4.69) is 10.3 Å². The smallest absolute Gasteiger partial charge is 0.225 e. The number of hydrogen-bond acceptors (Lipinski definition) is 5. The average molecular weight is 303 g/mol. The zero-order valence-corrected chi connectivity index (χ0v) is 12.6. The van der Waals surface area contributed by atoms with Gasteiger partial charge in [0.1, 0.15) is 12.4 Å². The van der Waals surface area contributed by atoms with Gasteiger partial charge in [0.2, 0.25) is 5.91 Å². The van der Waals surface area contributed by atoms with Crippen LogP contribution in [0, 0.1) is 6.92 Å². The first-order valence-electron chi connectivity index (χ1n) is 6.83. The number of aryl methyl sites for hydroxylation is 1. The summed E-state index contributed by atoms with van der Waals surface area (Å²) in [4.78, 5) is 17.2. The van der Waals surface area contributed by atoms with Gasteiger partial charge < -0.3 is 15.8 Å². The Bertz CT molecular complexity index is 669. The number of nitrogens with one attached hydrogen (secondary N) is 1. The van der Waals surface area contributed by atoms with Gasteiger partial charge >= 0.3 is 0 Å². The van der Waals surface area contributed by atoms with Crippen molar-refractivity contribution in [3.05, 3.63) is 40.4 Å². The molecular formula is C15H17N3O2S. The molecule has 1 aromatic carbocycles. The molecule has 1 aliphatic rings. The number of nitrogens with zero attached hydrogens (tertiary/aromatic N) is 1. The lowest BCUT2D eigenvalue weighted by Crippen LogP contribution is -2.43. The number of fused-ring (bicyclic) bond motifs is 1. The maximum Gasteiger partial charge on any atom is 0.225 e.